The summed E-state index contributed by atoms with van der Waals surface area (Å²) in [5, 5.41) is 17.3. The normalized spacial score (nSPS) is 66.6. The lowest BCUT2D eigenvalue weighted by atomic mass is 9.57. The van der Waals surface area contributed by atoms with Gasteiger partial charge in [0.2, 0.25) is 5.54 Å². The minimum absolute atomic E-state index is 0.0908. The molecule has 0 spiro atoms. The van der Waals surface area contributed by atoms with Crippen molar-refractivity contribution < 1.29 is 4.86 Å². The summed E-state index contributed by atoms with van der Waals surface area (Å²) in [5.74, 6) is 3.80. The Morgan fingerprint density at radius 3 is 2.42 bits per heavy atom. The van der Waals surface area contributed by atoms with Gasteiger partial charge in [-0.2, -0.15) is 0 Å². The van der Waals surface area contributed by atoms with E-state index in [0.717, 1.165) is 28.5 Å². The molecule has 3 heteroatoms. The van der Waals surface area contributed by atoms with Crippen molar-refractivity contribution in [3.05, 3.63) is 5.21 Å². The zero-order valence-corrected chi connectivity index (χ0v) is 12.4. The van der Waals surface area contributed by atoms with Gasteiger partial charge in [0.15, 0.2) is 0 Å². The van der Waals surface area contributed by atoms with Gasteiger partial charge in [-0.05, 0) is 47.0 Å². The molecule has 4 aliphatic carbocycles. The maximum Gasteiger partial charge on any atom is 0.207 e. The highest BCUT2D eigenvalue weighted by molar-refractivity contribution is 5.35. The zero-order chi connectivity index (χ0) is 13.4. The molecule has 3 nitrogen and oxygen atoms in total. The smallest absolute Gasteiger partial charge is 0.207 e. The highest BCUT2D eigenvalue weighted by Crippen LogP contribution is 2.87. The highest BCUT2D eigenvalue weighted by Gasteiger charge is 2.92. The van der Waals surface area contributed by atoms with Gasteiger partial charge in [-0.25, -0.2) is 0 Å². The fourth-order valence-corrected chi connectivity index (χ4v) is 7.50. The largest absolute Gasteiger partial charge is 0.599 e. The summed E-state index contributed by atoms with van der Waals surface area (Å²) in [7, 11) is 0. The molecule has 19 heavy (non-hydrogen) atoms. The van der Waals surface area contributed by atoms with Crippen molar-refractivity contribution in [1.29, 1.82) is 0 Å². The van der Waals surface area contributed by atoms with Gasteiger partial charge in [-0.1, -0.05) is 32.1 Å². The Kier molecular flexibility index (Phi) is 1.52. The fraction of sp³-hybridized carbons (Fsp3) is 1.00. The van der Waals surface area contributed by atoms with Gasteiger partial charge in [0.05, 0.1) is 5.92 Å². The lowest BCUT2D eigenvalue weighted by Crippen LogP contribution is -2.56. The van der Waals surface area contributed by atoms with Crippen molar-refractivity contribution in [3.63, 3.8) is 0 Å². The Morgan fingerprint density at radius 1 is 1.00 bits per heavy atom. The molecule has 0 bridgehead atoms. The summed E-state index contributed by atoms with van der Waals surface area (Å²) in [6.45, 7) is 9.38. The number of hydrogen-bond acceptors (Lipinski definition) is 2. The summed E-state index contributed by atoms with van der Waals surface area (Å²) in [6, 6.07) is 0.347. The average molecular weight is 260 g/mol. The zero-order valence-electron chi connectivity index (χ0n) is 12.4. The van der Waals surface area contributed by atoms with E-state index in [1.165, 1.54) is 19.3 Å². The third kappa shape index (κ3) is 0.766. The number of azo groups is 1. The first kappa shape index (κ1) is 11.1. The molecule has 0 aromatic heterocycles. The Hall–Kier alpha value is -0.600. The second-order valence-corrected chi connectivity index (χ2v) is 8.77. The van der Waals surface area contributed by atoms with E-state index in [2.05, 4.69) is 32.8 Å². The topological polar surface area (TPSA) is 38.4 Å². The molecule has 0 amide bonds. The van der Waals surface area contributed by atoms with Gasteiger partial charge in [0.25, 0.3) is 0 Å². The summed E-state index contributed by atoms with van der Waals surface area (Å²) >= 11 is 0. The van der Waals surface area contributed by atoms with E-state index in [9.17, 15) is 5.21 Å². The van der Waals surface area contributed by atoms with Gasteiger partial charge in [0.1, 0.15) is 6.04 Å². The molecule has 0 saturated heterocycles. The molecule has 4 fully saturated rings. The van der Waals surface area contributed by atoms with E-state index in [1.807, 2.05) is 0 Å². The van der Waals surface area contributed by atoms with Crippen molar-refractivity contribution in [2.24, 2.45) is 45.5 Å². The van der Waals surface area contributed by atoms with Crippen molar-refractivity contribution >= 4 is 0 Å². The van der Waals surface area contributed by atoms with Crippen molar-refractivity contribution in [3.8, 4) is 0 Å². The summed E-state index contributed by atoms with van der Waals surface area (Å²) in [4.78, 5) is 1.15. The monoisotopic (exact) mass is 260 g/mol. The molecule has 0 aromatic carbocycles. The van der Waals surface area contributed by atoms with Crippen LogP contribution in [0.1, 0.15) is 47.0 Å². The molecular formula is C16H24N2O. The fourth-order valence-electron chi connectivity index (χ4n) is 7.50. The van der Waals surface area contributed by atoms with Crippen LogP contribution in [0.2, 0.25) is 0 Å². The third-order valence-corrected chi connectivity index (χ3v) is 8.84. The van der Waals surface area contributed by atoms with E-state index >= 15 is 0 Å². The van der Waals surface area contributed by atoms with Crippen molar-refractivity contribution in [1.82, 2.24) is 0 Å². The van der Waals surface area contributed by atoms with Crippen LogP contribution >= 0.6 is 0 Å². The van der Waals surface area contributed by atoms with Gasteiger partial charge < -0.3 is 5.21 Å². The van der Waals surface area contributed by atoms with Gasteiger partial charge >= 0.3 is 0 Å². The molecular weight excluding hydrogens is 236 g/mol. The van der Waals surface area contributed by atoms with Crippen LogP contribution < -0.4 is 0 Å². The van der Waals surface area contributed by atoms with E-state index in [1.54, 1.807) is 0 Å². The number of hydrogen-bond donors (Lipinski definition) is 0. The quantitative estimate of drug-likeness (QED) is 0.486. The second-order valence-electron chi connectivity index (χ2n) is 8.77. The number of rotatable bonds is 0. The van der Waals surface area contributed by atoms with Crippen LogP contribution in [0, 0.1) is 45.6 Å². The lowest BCUT2D eigenvalue weighted by molar-refractivity contribution is -0.615. The third-order valence-electron chi connectivity index (χ3n) is 8.84. The maximum absolute atomic E-state index is 12.6. The minimum atomic E-state index is -0.249. The summed E-state index contributed by atoms with van der Waals surface area (Å²) < 4.78 is 0. The minimum Gasteiger partial charge on any atom is -0.599 e. The number of nitrogens with zero attached hydrogens (tertiary/aromatic N) is 2. The lowest BCUT2D eigenvalue weighted by Gasteiger charge is -2.45. The van der Waals surface area contributed by atoms with E-state index < -0.39 is 0 Å². The van der Waals surface area contributed by atoms with Gasteiger partial charge in [-0.3, -0.25) is 0 Å². The van der Waals surface area contributed by atoms with Crippen molar-refractivity contribution in [2.45, 2.75) is 58.5 Å². The first-order chi connectivity index (χ1) is 8.87. The Labute approximate surface area is 115 Å². The van der Waals surface area contributed by atoms with Crippen LogP contribution in [0.15, 0.2) is 5.11 Å². The first-order valence-electron chi connectivity index (χ1n) is 8.05. The first-order valence-corrected chi connectivity index (χ1v) is 8.05. The van der Waals surface area contributed by atoms with Crippen molar-refractivity contribution in [2.75, 3.05) is 0 Å². The molecule has 8 atom stereocenters. The van der Waals surface area contributed by atoms with Crippen LogP contribution in [-0.2, 0) is 0 Å². The van der Waals surface area contributed by atoms with E-state index in [4.69, 9.17) is 0 Å². The molecule has 4 saturated carbocycles. The highest BCUT2D eigenvalue weighted by atomic mass is 16.5. The molecule has 1 aliphatic heterocycles. The molecule has 0 radical (unpaired) electrons. The number of hydroxylamine groups is 1. The van der Waals surface area contributed by atoms with Gasteiger partial charge in [-0.15, -0.1) is 0 Å². The van der Waals surface area contributed by atoms with Gasteiger partial charge in [0, 0.05) is 12.3 Å². The molecule has 0 N–H and O–H groups in total. The predicted molar refractivity (Wildman–Crippen MR) is 71.4 cm³/mol. The van der Waals surface area contributed by atoms with Crippen LogP contribution in [0.4, 0.5) is 0 Å². The molecule has 4 unspecified atom stereocenters. The molecule has 104 valence electrons. The Morgan fingerprint density at radius 2 is 1.68 bits per heavy atom. The SMILES string of the molecule is CC12C3C4CCC[C@@H]4[C@@H]4N=[N+]([O-])[C@@](C)(C4[C@@H]31)C2(C)C. The molecule has 0 aromatic rings. The maximum atomic E-state index is 12.6. The number of fused-ring (bicyclic) bond motifs is 4. The Bertz CT molecular complexity index is 527. The summed E-state index contributed by atoms with van der Waals surface area (Å²) in [5.41, 5.74) is 0.238. The average Bonchev–Trinajstić information content (AvgIpc) is 2.68. The van der Waals surface area contributed by atoms with Crippen LogP contribution in [0.3, 0.4) is 0 Å². The predicted octanol–water partition coefficient (Wildman–Crippen LogP) is 3.43. The van der Waals surface area contributed by atoms with Crippen LogP contribution in [-0.4, -0.2) is 16.4 Å². The molecule has 5 rings (SSSR count). The Balaban J connectivity index is 1.77. The molecule has 1 heterocycles. The van der Waals surface area contributed by atoms with Crippen LogP contribution in [0.25, 0.3) is 0 Å². The summed E-state index contributed by atoms with van der Waals surface area (Å²) in [6.07, 6.45) is 4.08. The standard InChI is InChI=1S/C16H24N2O/c1-14(2)15(3)10-8-6-5-7-9(8)13-12(11(10)15)16(14,4)18(19)17-13/h8-13H,5-7H2,1-4H3/t8?,9-,10?,11+,12?,13-,15?,16-/m0/s1. The second kappa shape index (κ2) is 2.60. The van der Waals surface area contributed by atoms with Crippen LogP contribution in [0.5, 0.6) is 0 Å². The van der Waals surface area contributed by atoms with E-state index in [-0.39, 0.29) is 11.0 Å². The molecule has 5 aliphatic rings. The van der Waals surface area contributed by atoms with E-state index in [0.29, 0.717) is 17.4 Å².